The molecule has 7 nitrogen and oxygen atoms in total. The number of carbonyl (C=O) groups is 2. The van der Waals surface area contributed by atoms with Crippen LogP contribution >= 0.6 is 0 Å². The molecule has 1 fully saturated rings. The number of nitrogens with one attached hydrogen (secondary N) is 1. The van der Waals surface area contributed by atoms with Crippen molar-refractivity contribution in [3.05, 3.63) is 88.9 Å². The van der Waals surface area contributed by atoms with E-state index in [1.165, 1.54) is 6.26 Å². The molecule has 2 aliphatic rings. The lowest BCUT2D eigenvalue weighted by atomic mass is 9.87. The average molecular weight is 475 g/mol. The van der Waals surface area contributed by atoms with Gasteiger partial charge in [0.1, 0.15) is 5.75 Å². The summed E-state index contributed by atoms with van der Waals surface area (Å²) in [6.07, 6.45) is 4.35. The number of furan rings is 1. The van der Waals surface area contributed by atoms with E-state index < -0.39 is 0 Å². The lowest BCUT2D eigenvalue weighted by Gasteiger charge is -2.37. The summed E-state index contributed by atoms with van der Waals surface area (Å²) >= 11 is 0. The third kappa shape index (κ3) is 5.25. The molecule has 35 heavy (non-hydrogen) atoms. The Morgan fingerprint density at radius 2 is 2.06 bits per heavy atom. The van der Waals surface area contributed by atoms with Gasteiger partial charge in [-0.1, -0.05) is 35.9 Å². The van der Waals surface area contributed by atoms with Crippen LogP contribution in [0.1, 0.15) is 51.7 Å². The Morgan fingerprint density at radius 3 is 2.83 bits per heavy atom. The quantitative estimate of drug-likeness (QED) is 0.559. The highest BCUT2D eigenvalue weighted by Crippen LogP contribution is 2.38. The first-order valence-electron chi connectivity index (χ1n) is 12.1. The molecule has 0 aliphatic carbocycles. The maximum Gasteiger partial charge on any atom is 0.290 e. The van der Waals surface area contributed by atoms with Crippen molar-refractivity contribution in [3.8, 4) is 5.75 Å². The fourth-order valence-electron chi connectivity index (χ4n) is 4.88. The van der Waals surface area contributed by atoms with Crippen molar-refractivity contribution in [2.75, 3.05) is 26.3 Å². The monoisotopic (exact) mass is 474 g/mol. The molecule has 0 bridgehead atoms. The fourth-order valence-corrected chi connectivity index (χ4v) is 4.88. The summed E-state index contributed by atoms with van der Waals surface area (Å²) in [5, 5.41) is 2.88. The van der Waals surface area contributed by atoms with E-state index in [1.807, 2.05) is 48.2 Å². The SMILES string of the molecule is Cc1cccc([C@H]2c3cc(OCC(=O)NC[C@H]4CCCO4)ccc3CCN2C(=O)c2ccco2)c1. The summed E-state index contributed by atoms with van der Waals surface area (Å²) in [7, 11) is 0. The maximum atomic E-state index is 13.4. The second-order valence-electron chi connectivity index (χ2n) is 9.13. The van der Waals surface area contributed by atoms with E-state index in [2.05, 4.69) is 11.4 Å². The smallest absolute Gasteiger partial charge is 0.290 e. The van der Waals surface area contributed by atoms with Gasteiger partial charge in [-0.25, -0.2) is 0 Å². The topological polar surface area (TPSA) is 81.0 Å². The summed E-state index contributed by atoms with van der Waals surface area (Å²) in [5.41, 5.74) is 4.31. The standard InChI is InChI=1S/C28H30N2O5/c1-19-5-2-6-21(15-19)27-24-16-22(35-18-26(31)29-17-23-7-3-13-33-23)10-9-20(24)11-12-30(27)28(32)25-8-4-14-34-25/h2,4-6,8-10,14-16,23,27H,3,7,11-13,17-18H2,1H3,(H,29,31)/t23-,27+/m1/s1. The molecule has 2 amide bonds. The molecule has 1 N–H and O–H groups in total. The molecule has 5 rings (SSSR count). The van der Waals surface area contributed by atoms with Crippen LogP contribution in [-0.4, -0.2) is 49.1 Å². The first-order valence-corrected chi connectivity index (χ1v) is 12.1. The molecule has 0 radical (unpaired) electrons. The molecule has 0 spiro atoms. The van der Waals surface area contributed by atoms with Crippen LogP contribution in [0.15, 0.2) is 65.3 Å². The molecular weight excluding hydrogens is 444 g/mol. The van der Waals surface area contributed by atoms with Gasteiger partial charge in [0.25, 0.3) is 11.8 Å². The molecule has 7 heteroatoms. The van der Waals surface area contributed by atoms with Gasteiger partial charge >= 0.3 is 0 Å². The first-order chi connectivity index (χ1) is 17.1. The van der Waals surface area contributed by atoms with Crippen molar-refractivity contribution in [2.24, 2.45) is 0 Å². The maximum absolute atomic E-state index is 13.4. The molecule has 1 saturated heterocycles. The Bertz CT molecular complexity index is 1180. The molecule has 0 unspecified atom stereocenters. The van der Waals surface area contributed by atoms with E-state index in [9.17, 15) is 9.59 Å². The van der Waals surface area contributed by atoms with E-state index in [1.54, 1.807) is 12.1 Å². The van der Waals surface area contributed by atoms with Crippen LogP contribution in [0, 0.1) is 6.92 Å². The Labute approximate surface area is 205 Å². The van der Waals surface area contributed by atoms with Crippen LogP contribution in [-0.2, 0) is 16.0 Å². The molecule has 182 valence electrons. The molecule has 2 aliphatic heterocycles. The van der Waals surface area contributed by atoms with Crippen molar-refractivity contribution in [1.82, 2.24) is 10.2 Å². The molecule has 0 saturated carbocycles. The number of ether oxygens (including phenoxy) is 2. The van der Waals surface area contributed by atoms with Crippen molar-refractivity contribution < 1.29 is 23.5 Å². The number of hydrogen-bond acceptors (Lipinski definition) is 5. The van der Waals surface area contributed by atoms with Gasteiger partial charge < -0.3 is 24.1 Å². The number of nitrogens with zero attached hydrogens (tertiary/aromatic N) is 1. The van der Waals surface area contributed by atoms with Gasteiger partial charge in [-0.15, -0.1) is 0 Å². The van der Waals surface area contributed by atoms with Crippen LogP contribution in [0.3, 0.4) is 0 Å². The number of benzene rings is 2. The van der Waals surface area contributed by atoms with Crippen LogP contribution in [0.5, 0.6) is 5.75 Å². The highest BCUT2D eigenvalue weighted by Gasteiger charge is 2.34. The summed E-state index contributed by atoms with van der Waals surface area (Å²) in [6, 6.07) is 17.2. The van der Waals surface area contributed by atoms with Gasteiger partial charge in [0.15, 0.2) is 12.4 Å². The second-order valence-corrected chi connectivity index (χ2v) is 9.13. The summed E-state index contributed by atoms with van der Waals surface area (Å²) in [4.78, 5) is 27.5. The molecule has 3 aromatic rings. The van der Waals surface area contributed by atoms with E-state index in [0.29, 0.717) is 24.6 Å². The van der Waals surface area contributed by atoms with Crippen molar-refractivity contribution in [3.63, 3.8) is 0 Å². The molecule has 1 aromatic heterocycles. The van der Waals surface area contributed by atoms with E-state index in [-0.39, 0.29) is 30.6 Å². The van der Waals surface area contributed by atoms with Crippen molar-refractivity contribution >= 4 is 11.8 Å². The lowest BCUT2D eigenvalue weighted by Crippen LogP contribution is -2.40. The molecule has 3 heterocycles. The molecule has 2 atom stereocenters. The zero-order valence-corrected chi connectivity index (χ0v) is 19.9. The minimum atomic E-state index is -0.284. The molecular formula is C28H30N2O5. The number of rotatable bonds is 7. The largest absolute Gasteiger partial charge is 0.484 e. The molecule has 2 aromatic carbocycles. The number of amides is 2. The van der Waals surface area contributed by atoms with Gasteiger partial charge in [-0.05, 0) is 67.1 Å². The zero-order chi connectivity index (χ0) is 24.2. The Morgan fingerprint density at radius 1 is 1.14 bits per heavy atom. The van der Waals surface area contributed by atoms with E-state index in [0.717, 1.165) is 48.1 Å². The van der Waals surface area contributed by atoms with Crippen LogP contribution in [0.2, 0.25) is 0 Å². The van der Waals surface area contributed by atoms with Gasteiger partial charge in [-0.3, -0.25) is 9.59 Å². The zero-order valence-electron chi connectivity index (χ0n) is 19.9. The normalized spacial score (nSPS) is 19.3. The lowest BCUT2D eigenvalue weighted by molar-refractivity contribution is -0.123. The van der Waals surface area contributed by atoms with Gasteiger partial charge in [0.2, 0.25) is 0 Å². The second kappa shape index (κ2) is 10.4. The van der Waals surface area contributed by atoms with Crippen LogP contribution in [0.4, 0.5) is 0 Å². The highest BCUT2D eigenvalue weighted by atomic mass is 16.5. The van der Waals surface area contributed by atoms with Gasteiger partial charge in [0, 0.05) is 19.7 Å². The van der Waals surface area contributed by atoms with Crippen molar-refractivity contribution in [2.45, 2.75) is 38.3 Å². The summed E-state index contributed by atoms with van der Waals surface area (Å²) in [5.74, 6) is 0.595. The first kappa shape index (κ1) is 23.2. The summed E-state index contributed by atoms with van der Waals surface area (Å²) < 4.78 is 16.8. The predicted octanol–water partition coefficient (Wildman–Crippen LogP) is 4.05. The average Bonchev–Trinajstić information content (AvgIpc) is 3.60. The van der Waals surface area contributed by atoms with Gasteiger partial charge in [0.05, 0.1) is 18.4 Å². The third-order valence-corrected chi connectivity index (χ3v) is 6.62. The Kier molecular flexibility index (Phi) is 6.86. The summed E-state index contributed by atoms with van der Waals surface area (Å²) in [6.45, 7) is 3.81. The minimum absolute atomic E-state index is 0.0738. The van der Waals surface area contributed by atoms with E-state index >= 15 is 0 Å². The number of aryl methyl sites for hydroxylation is 1. The number of fused-ring (bicyclic) bond motifs is 1. The number of carbonyl (C=O) groups excluding carboxylic acids is 2. The minimum Gasteiger partial charge on any atom is -0.484 e. The fraction of sp³-hybridized carbons (Fsp3) is 0.357. The van der Waals surface area contributed by atoms with E-state index in [4.69, 9.17) is 13.9 Å². The van der Waals surface area contributed by atoms with Gasteiger partial charge in [-0.2, -0.15) is 0 Å². The highest BCUT2D eigenvalue weighted by molar-refractivity contribution is 5.92. The van der Waals surface area contributed by atoms with Crippen molar-refractivity contribution in [1.29, 1.82) is 0 Å². The third-order valence-electron chi connectivity index (χ3n) is 6.62. The number of hydrogen-bond donors (Lipinski definition) is 1. The Hall–Kier alpha value is -3.58. The van der Waals surface area contributed by atoms with Crippen LogP contribution < -0.4 is 10.1 Å². The predicted molar refractivity (Wildman–Crippen MR) is 130 cm³/mol. The van der Waals surface area contributed by atoms with Crippen LogP contribution in [0.25, 0.3) is 0 Å². The Balaban J connectivity index is 1.37.